The molecule has 0 amide bonds. The van der Waals surface area contributed by atoms with E-state index < -0.39 is 0 Å². The fraction of sp³-hybridized carbons (Fsp3) is 0.900. The Kier molecular flexibility index (Phi) is 2.63. The molecular weight excluding hydrogens is 240 g/mol. The summed E-state index contributed by atoms with van der Waals surface area (Å²) in [5, 5.41) is 0. The highest BCUT2D eigenvalue weighted by molar-refractivity contribution is 5.21. The summed E-state index contributed by atoms with van der Waals surface area (Å²) in [4.78, 5) is 0. The standard InChI is InChI=1S/C20H32/c1-14-13-20-10-6-15(14)12-17(20)19(4)9-5-8-18(2,3)16(19)7-11-20/h15-17H,1,5-13H2,2-4H3/t15?,16-,17+,19-,20?/m1/s1. The van der Waals surface area contributed by atoms with Crippen LogP contribution in [-0.4, -0.2) is 0 Å². The van der Waals surface area contributed by atoms with Crippen molar-refractivity contribution < 1.29 is 0 Å². The van der Waals surface area contributed by atoms with Gasteiger partial charge in [-0.3, -0.25) is 0 Å². The van der Waals surface area contributed by atoms with Crippen LogP contribution >= 0.6 is 0 Å². The zero-order chi connectivity index (χ0) is 14.2. The van der Waals surface area contributed by atoms with Crippen LogP contribution in [0.25, 0.3) is 0 Å². The van der Waals surface area contributed by atoms with Gasteiger partial charge in [0.25, 0.3) is 0 Å². The van der Waals surface area contributed by atoms with Crippen LogP contribution in [0, 0.1) is 34.0 Å². The van der Waals surface area contributed by atoms with Crippen LogP contribution in [0.3, 0.4) is 0 Å². The van der Waals surface area contributed by atoms with Crippen LogP contribution in [0.1, 0.15) is 78.6 Å². The Morgan fingerprint density at radius 1 is 0.950 bits per heavy atom. The molecular formula is C20H32. The Labute approximate surface area is 125 Å². The van der Waals surface area contributed by atoms with E-state index in [1.807, 2.05) is 0 Å². The predicted octanol–water partition coefficient (Wildman–Crippen LogP) is 5.98. The molecule has 0 aromatic heterocycles. The monoisotopic (exact) mass is 272 g/mol. The SMILES string of the molecule is C=C1CC23CCC1C[C@H]2[C@]1(C)CCCC(C)(C)[C@H]1CC3. The molecule has 2 bridgehead atoms. The molecule has 0 N–H and O–H groups in total. The summed E-state index contributed by atoms with van der Waals surface area (Å²) in [6.45, 7) is 12.3. The van der Waals surface area contributed by atoms with Crippen LogP contribution in [-0.2, 0) is 0 Å². The van der Waals surface area contributed by atoms with Gasteiger partial charge in [-0.1, -0.05) is 39.3 Å². The van der Waals surface area contributed by atoms with E-state index in [2.05, 4.69) is 27.4 Å². The first-order valence-electron chi connectivity index (χ1n) is 9.05. The smallest absolute Gasteiger partial charge is 0.0202 e. The third kappa shape index (κ3) is 1.54. The van der Waals surface area contributed by atoms with Crippen LogP contribution < -0.4 is 0 Å². The second-order valence-corrected chi connectivity index (χ2v) is 9.66. The number of hydrogen-bond acceptors (Lipinski definition) is 0. The molecule has 0 heteroatoms. The van der Waals surface area contributed by atoms with Gasteiger partial charge in [-0.15, -0.1) is 0 Å². The Hall–Kier alpha value is -0.260. The fourth-order valence-corrected chi connectivity index (χ4v) is 7.56. The molecule has 0 aliphatic heterocycles. The van der Waals surface area contributed by atoms with Crippen LogP contribution in [0.15, 0.2) is 12.2 Å². The Bertz CT molecular complexity index is 445. The molecule has 5 rings (SSSR count). The lowest BCUT2D eigenvalue weighted by Gasteiger charge is -2.68. The van der Waals surface area contributed by atoms with Gasteiger partial charge < -0.3 is 0 Å². The van der Waals surface area contributed by atoms with Crippen LogP contribution in [0.4, 0.5) is 0 Å². The lowest BCUT2D eigenvalue weighted by atomic mass is 9.37. The molecule has 0 nitrogen and oxygen atoms in total. The molecule has 0 radical (unpaired) electrons. The summed E-state index contributed by atoms with van der Waals surface area (Å²) in [6.07, 6.45) is 13.3. The maximum atomic E-state index is 4.44. The second kappa shape index (κ2) is 3.93. The van der Waals surface area contributed by atoms with E-state index in [-0.39, 0.29) is 0 Å². The molecule has 5 saturated carbocycles. The van der Waals surface area contributed by atoms with Crippen LogP contribution in [0.2, 0.25) is 0 Å². The fourth-order valence-electron chi connectivity index (χ4n) is 7.56. The zero-order valence-corrected chi connectivity index (χ0v) is 13.8. The normalized spacial score (nSPS) is 53.4. The van der Waals surface area contributed by atoms with Crippen molar-refractivity contribution in [1.29, 1.82) is 0 Å². The molecule has 5 atom stereocenters. The molecule has 0 heterocycles. The summed E-state index contributed by atoms with van der Waals surface area (Å²) in [5.74, 6) is 2.87. The summed E-state index contributed by atoms with van der Waals surface area (Å²) in [7, 11) is 0. The number of hydrogen-bond donors (Lipinski definition) is 0. The van der Waals surface area contributed by atoms with Gasteiger partial charge in [0.2, 0.25) is 0 Å². The van der Waals surface area contributed by atoms with Gasteiger partial charge in [0.1, 0.15) is 0 Å². The van der Waals surface area contributed by atoms with Gasteiger partial charge in [-0.25, -0.2) is 0 Å². The number of rotatable bonds is 0. The van der Waals surface area contributed by atoms with Crippen molar-refractivity contribution in [2.75, 3.05) is 0 Å². The first kappa shape index (κ1) is 13.4. The average molecular weight is 272 g/mol. The zero-order valence-electron chi connectivity index (χ0n) is 13.8. The molecule has 112 valence electrons. The molecule has 2 unspecified atom stereocenters. The molecule has 5 aliphatic rings. The topological polar surface area (TPSA) is 0 Å². The van der Waals surface area contributed by atoms with Crippen molar-refractivity contribution in [3.63, 3.8) is 0 Å². The Morgan fingerprint density at radius 2 is 1.70 bits per heavy atom. The summed E-state index contributed by atoms with van der Waals surface area (Å²) >= 11 is 0. The molecule has 0 aromatic rings. The third-order valence-electron chi connectivity index (χ3n) is 8.41. The summed E-state index contributed by atoms with van der Waals surface area (Å²) < 4.78 is 0. The molecule has 5 aliphatic carbocycles. The second-order valence-electron chi connectivity index (χ2n) is 9.66. The quantitative estimate of drug-likeness (QED) is 0.476. The van der Waals surface area contributed by atoms with Gasteiger partial charge in [0.05, 0.1) is 0 Å². The van der Waals surface area contributed by atoms with Gasteiger partial charge in [0, 0.05) is 0 Å². The third-order valence-corrected chi connectivity index (χ3v) is 8.41. The van der Waals surface area contributed by atoms with Crippen molar-refractivity contribution in [2.45, 2.75) is 78.6 Å². The van der Waals surface area contributed by atoms with E-state index in [4.69, 9.17) is 0 Å². The van der Waals surface area contributed by atoms with Crippen molar-refractivity contribution in [3.8, 4) is 0 Å². The maximum absolute atomic E-state index is 4.44. The van der Waals surface area contributed by atoms with Crippen molar-refractivity contribution in [3.05, 3.63) is 12.2 Å². The number of allylic oxidation sites excluding steroid dienone is 1. The van der Waals surface area contributed by atoms with E-state index in [9.17, 15) is 0 Å². The van der Waals surface area contributed by atoms with E-state index in [1.54, 1.807) is 5.57 Å². The van der Waals surface area contributed by atoms with E-state index in [1.165, 1.54) is 57.8 Å². The summed E-state index contributed by atoms with van der Waals surface area (Å²) in [5.41, 5.74) is 3.51. The maximum Gasteiger partial charge on any atom is -0.0202 e. The minimum absolute atomic E-state index is 0.586. The molecule has 1 spiro atoms. The van der Waals surface area contributed by atoms with Gasteiger partial charge >= 0.3 is 0 Å². The summed E-state index contributed by atoms with van der Waals surface area (Å²) in [6, 6.07) is 0. The van der Waals surface area contributed by atoms with E-state index >= 15 is 0 Å². The molecule has 0 aromatic carbocycles. The van der Waals surface area contributed by atoms with Gasteiger partial charge in [-0.05, 0) is 85.4 Å². The minimum Gasteiger partial charge on any atom is -0.0996 e. The van der Waals surface area contributed by atoms with E-state index in [0.717, 1.165) is 17.8 Å². The Morgan fingerprint density at radius 3 is 2.45 bits per heavy atom. The van der Waals surface area contributed by atoms with Gasteiger partial charge in [-0.2, -0.15) is 0 Å². The van der Waals surface area contributed by atoms with Crippen molar-refractivity contribution >= 4 is 0 Å². The lowest BCUT2D eigenvalue weighted by molar-refractivity contribution is -0.167. The average Bonchev–Trinajstić information content (AvgIpc) is 2.37. The predicted molar refractivity (Wildman–Crippen MR) is 85.5 cm³/mol. The molecule has 20 heavy (non-hydrogen) atoms. The van der Waals surface area contributed by atoms with Crippen LogP contribution in [0.5, 0.6) is 0 Å². The highest BCUT2D eigenvalue weighted by Gasteiger charge is 2.62. The molecule has 0 saturated heterocycles. The first-order chi connectivity index (χ1) is 9.37. The largest absolute Gasteiger partial charge is 0.0996 e. The van der Waals surface area contributed by atoms with Crippen molar-refractivity contribution in [1.82, 2.24) is 0 Å². The highest BCUT2D eigenvalue weighted by Crippen LogP contribution is 2.71. The number of fused-ring (bicyclic) bond motifs is 3. The molecule has 5 fully saturated rings. The highest BCUT2D eigenvalue weighted by atomic mass is 14.7. The minimum atomic E-state index is 0.586. The Balaban J connectivity index is 1.75. The van der Waals surface area contributed by atoms with Crippen molar-refractivity contribution in [2.24, 2.45) is 34.0 Å². The van der Waals surface area contributed by atoms with E-state index in [0.29, 0.717) is 16.2 Å². The van der Waals surface area contributed by atoms with Gasteiger partial charge in [0.15, 0.2) is 0 Å². The first-order valence-corrected chi connectivity index (χ1v) is 9.05. The lowest BCUT2D eigenvalue weighted by Crippen LogP contribution is -2.59.